The lowest BCUT2D eigenvalue weighted by molar-refractivity contribution is -0.136. The summed E-state index contributed by atoms with van der Waals surface area (Å²) in [6.07, 6.45) is 1.58. The Labute approximate surface area is 148 Å². The molecule has 26 heavy (non-hydrogen) atoms. The van der Waals surface area contributed by atoms with Gasteiger partial charge in [0, 0.05) is 34.3 Å². The van der Waals surface area contributed by atoms with Crippen LogP contribution in [0.25, 0.3) is 33.2 Å². The summed E-state index contributed by atoms with van der Waals surface area (Å²) < 4.78 is 10.8. The molecule has 3 N–H and O–H groups in total. The van der Waals surface area contributed by atoms with Crippen LogP contribution in [-0.2, 0) is 11.2 Å². The third kappa shape index (κ3) is 2.54. The van der Waals surface area contributed by atoms with E-state index in [1.165, 1.54) is 0 Å². The Balaban J connectivity index is 2.01. The molecule has 0 fully saturated rings. The van der Waals surface area contributed by atoms with Gasteiger partial charge in [-0.2, -0.15) is 0 Å². The van der Waals surface area contributed by atoms with Crippen molar-refractivity contribution in [1.29, 1.82) is 0 Å². The third-order valence-electron chi connectivity index (χ3n) is 4.37. The highest BCUT2D eigenvalue weighted by molar-refractivity contribution is 6.01. The van der Waals surface area contributed by atoms with Crippen LogP contribution in [0.4, 0.5) is 0 Å². The summed E-state index contributed by atoms with van der Waals surface area (Å²) in [4.78, 5) is 22.2. The van der Waals surface area contributed by atoms with Crippen molar-refractivity contribution in [3.8, 4) is 22.8 Å². The molecule has 1 aromatic carbocycles. The van der Waals surface area contributed by atoms with E-state index < -0.39 is 5.97 Å². The molecule has 0 saturated heterocycles. The lowest BCUT2D eigenvalue weighted by Crippen LogP contribution is -2.01. The molecule has 7 heteroatoms. The maximum atomic E-state index is 11.4. The Kier molecular flexibility index (Phi) is 3.76. The van der Waals surface area contributed by atoms with Crippen molar-refractivity contribution in [2.45, 2.75) is 6.42 Å². The molecule has 3 aromatic heterocycles. The highest BCUT2D eigenvalue weighted by Crippen LogP contribution is 2.39. The van der Waals surface area contributed by atoms with Gasteiger partial charge in [0.1, 0.15) is 5.65 Å². The summed E-state index contributed by atoms with van der Waals surface area (Å²) in [5.74, 6) is 0.246. The molecule has 7 nitrogen and oxygen atoms in total. The second-order valence-electron chi connectivity index (χ2n) is 5.93. The summed E-state index contributed by atoms with van der Waals surface area (Å²) in [6, 6.07) is 9.44. The zero-order valence-electron chi connectivity index (χ0n) is 14.3. The fourth-order valence-electron chi connectivity index (χ4n) is 3.26. The van der Waals surface area contributed by atoms with E-state index >= 15 is 0 Å². The van der Waals surface area contributed by atoms with Gasteiger partial charge in [-0.3, -0.25) is 4.79 Å². The average molecular weight is 351 g/mol. The maximum absolute atomic E-state index is 11.4. The van der Waals surface area contributed by atoms with E-state index in [1.807, 2.05) is 30.3 Å². The van der Waals surface area contributed by atoms with E-state index in [1.54, 1.807) is 20.4 Å². The minimum atomic E-state index is -0.911. The second kappa shape index (κ2) is 6.11. The Hall–Kier alpha value is -3.48. The number of carbonyl (C=O) groups is 1. The van der Waals surface area contributed by atoms with Gasteiger partial charge in [-0.25, -0.2) is 4.98 Å². The number of carboxylic acids is 1. The van der Waals surface area contributed by atoms with Crippen LogP contribution in [0.5, 0.6) is 11.5 Å². The molecule has 0 aliphatic carbocycles. The molecular formula is C19H17N3O4. The van der Waals surface area contributed by atoms with Crippen LogP contribution >= 0.6 is 0 Å². The van der Waals surface area contributed by atoms with Gasteiger partial charge in [-0.05, 0) is 24.3 Å². The first-order valence-electron chi connectivity index (χ1n) is 8.03. The summed E-state index contributed by atoms with van der Waals surface area (Å²) in [5, 5.41) is 11.1. The van der Waals surface area contributed by atoms with Crippen molar-refractivity contribution in [2.24, 2.45) is 0 Å². The molecule has 0 bridgehead atoms. The number of aromatic amines is 2. The van der Waals surface area contributed by atoms with Gasteiger partial charge in [0.05, 0.1) is 31.9 Å². The summed E-state index contributed by atoms with van der Waals surface area (Å²) >= 11 is 0. The summed E-state index contributed by atoms with van der Waals surface area (Å²) in [7, 11) is 3.14. The predicted octanol–water partition coefficient (Wildman–Crippen LogP) is 3.36. The van der Waals surface area contributed by atoms with Gasteiger partial charge in [-0.1, -0.05) is 0 Å². The molecule has 0 amide bonds. The van der Waals surface area contributed by atoms with E-state index in [4.69, 9.17) is 9.47 Å². The van der Waals surface area contributed by atoms with E-state index in [0.717, 1.165) is 33.2 Å². The molecule has 132 valence electrons. The topological polar surface area (TPSA) is 100 Å². The fraction of sp³-hybridized carbons (Fsp3) is 0.158. The molecule has 0 aliphatic heterocycles. The number of pyridine rings is 1. The van der Waals surface area contributed by atoms with Gasteiger partial charge in [-0.15, -0.1) is 0 Å². The Morgan fingerprint density at radius 2 is 1.92 bits per heavy atom. The Morgan fingerprint density at radius 1 is 1.15 bits per heavy atom. The number of benzene rings is 1. The van der Waals surface area contributed by atoms with Gasteiger partial charge in [0.2, 0.25) is 0 Å². The van der Waals surface area contributed by atoms with Crippen LogP contribution in [0.3, 0.4) is 0 Å². The van der Waals surface area contributed by atoms with Crippen LogP contribution in [0.15, 0.2) is 36.5 Å². The summed E-state index contributed by atoms with van der Waals surface area (Å²) in [6.45, 7) is 0. The van der Waals surface area contributed by atoms with Crippen molar-refractivity contribution in [3.05, 3.63) is 42.2 Å². The number of ether oxygens (including phenoxy) is 2. The number of fused-ring (bicyclic) bond motifs is 2. The molecule has 0 unspecified atom stereocenters. The number of H-pyrrole nitrogens is 2. The first kappa shape index (κ1) is 16.0. The molecule has 4 aromatic rings. The number of nitrogens with one attached hydrogen (secondary N) is 2. The van der Waals surface area contributed by atoms with Crippen LogP contribution < -0.4 is 9.47 Å². The van der Waals surface area contributed by atoms with E-state index in [2.05, 4.69) is 15.0 Å². The number of rotatable bonds is 5. The first-order chi connectivity index (χ1) is 12.6. The second-order valence-corrected chi connectivity index (χ2v) is 5.93. The predicted molar refractivity (Wildman–Crippen MR) is 97.8 cm³/mol. The zero-order valence-corrected chi connectivity index (χ0v) is 14.3. The number of hydrogen-bond donors (Lipinski definition) is 3. The lowest BCUT2D eigenvalue weighted by atomic mass is 10.0. The summed E-state index contributed by atoms with van der Waals surface area (Å²) in [5.41, 5.74) is 3.73. The normalized spacial score (nSPS) is 11.2. The van der Waals surface area contributed by atoms with Crippen molar-refractivity contribution in [2.75, 3.05) is 14.2 Å². The number of nitrogens with zero attached hydrogens (tertiary/aromatic N) is 1. The number of methoxy groups -OCH3 is 2. The number of carboxylic acid groups (broad SMARTS) is 1. The Morgan fingerprint density at radius 3 is 2.62 bits per heavy atom. The van der Waals surface area contributed by atoms with Crippen molar-refractivity contribution < 1.29 is 19.4 Å². The van der Waals surface area contributed by atoms with Crippen LogP contribution in [0.1, 0.15) is 5.69 Å². The molecule has 0 aliphatic rings. The standard InChI is InChI=1S/C19H17N3O4/c1-25-15-7-11-12(8-16(15)26-2)21-14(9-17(23)24)18(11)13-6-10-4-3-5-20-19(10)22-13/h3-8,21H,9H2,1-2H3,(H,20,22)(H,23,24). The van der Waals surface area contributed by atoms with Crippen molar-refractivity contribution in [1.82, 2.24) is 15.0 Å². The van der Waals surface area contributed by atoms with Gasteiger partial charge in [0.25, 0.3) is 0 Å². The number of aliphatic carboxylic acids is 1. The molecule has 0 saturated carbocycles. The average Bonchev–Trinajstić information content (AvgIpc) is 3.19. The van der Waals surface area contributed by atoms with Crippen LogP contribution in [0, 0.1) is 0 Å². The SMILES string of the molecule is COc1cc2[nH]c(CC(=O)O)c(-c3cc4cccnc4[nH]3)c2cc1OC. The highest BCUT2D eigenvalue weighted by Gasteiger charge is 2.20. The van der Waals surface area contributed by atoms with Gasteiger partial charge >= 0.3 is 5.97 Å². The lowest BCUT2D eigenvalue weighted by Gasteiger charge is -2.08. The minimum Gasteiger partial charge on any atom is -0.493 e. The number of aromatic nitrogens is 3. The van der Waals surface area contributed by atoms with Crippen molar-refractivity contribution in [3.63, 3.8) is 0 Å². The van der Waals surface area contributed by atoms with Gasteiger partial charge < -0.3 is 24.5 Å². The van der Waals surface area contributed by atoms with E-state index in [-0.39, 0.29) is 6.42 Å². The third-order valence-corrected chi connectivity index (χ3v) is 4.37. The van der Waals surface area contributed by atoms with Crippen LogP contribution in [-0.4, -0.2) is 40.2 Å². The number of hydrogen-bond acceptors (Lipinski definition) is 4. The minimum absolute atomic E-state index is 0.128. The monoisotopic (exact) mass is 351 g/mol. The molecule has 0 spiro atoms. The van der Waals surface area contributed by atoms with Crippen LogP contribution in [0.2, 0.25) is 0 Å². The quantitative estimate of drug-likeness (QED) is 0.512. The maximum Gasteiger partial charge on any atom is 0.309 e. The smallest absolute Gasteiger partial charge is 0.309 e. The van der Waals surface area contributed by atoms with E-state index in [0.29, 0.717) is 17.2 Å². The highest BCUT2D eigenvalue weighted by atomic mass is 16.5. The van der Waals surface area contributed by atoms with Crippen molar-refractivity contribution >= 4 is 27.9 Å². The first-order valence-corrected chi connectivity index (χ1v) is 8.03. The fourth-order valence-corrected chi connectivity index (χ4v) is 3.26. The largest absolute Gasteiger partial charge is 0.493 e. The van der Waals surface area contributed by atoms with Gasteiger partial charge in [0.15, 0.2) is 11.5 Å². The Bertz CT molecular complexity index is 1090. The molecule has 0 atom stereocenters. The van der Waals surface area contributed by atoms with E-state index in [9.17, 15) is 9.90 Å². The zero-order chi connectivity index (χ0) is 18.3. The molecular weight excluding hydrogens is 334 g/mol. The molecule has 3 heterocycles. The molecule has 0 radical (unpaired) electrons. The molecule has 4 rings (SSSR count).